The zero-order valence-corrected chi connectivity index (χ0v) is 14.5. The van der Waals surface area contributed by atoms with E-state index in [-0.39, 0.29) is 11.9 Å². The number of carbonyl (C=O) groups excluding carboxylic acids is 1. The zero-order chi connectivity index (χ0) is 17.1. The van der Waals surface area contributed by atoms with Crippen LogP contribution in [0.1, 0.15) is 36.1 Å². The molecule has 1 fully saturated rings. The maximum atomic E-state index is 12.8. The van der Waals surface area contributed by atoms with Gasteiger partial charge in [0.05, 0.1) is 6.42 Å². The van der Waals surface area contributed by atoms with E-state index in [4.69, 9.17) is 4.52 Å². The molecule has 128 valence electrons. The Balaban J connectivity index is 1.55. The van der Waals surface area contributed by atoms with Crippen LogP contribution in [0.4, 0.5) is 0 Å². The molecular weight excluding hydrogens is 336 g/mol. The van der Waals surface area contributed by atoms with E-state index in [9.17, 15) is 4.79 Å². The highest BCUT2D eigenvalue weighted by atomic mass is 32.1. The largest absolute Gasteiger partial charge is 0.337 e. The van der Waals surface area contributed by atoms with Gasteiger partial charge in [-0.05, 0) is 42.8 Å². The molecule has 1 aliphatic rings. The zero-order valence-electron chi connectivity index (χ0n) is 13.7. The molecule has 3 aromatic heterocycles. The van der Waals surface area contributed by atoms with Gasteiger partial charge >= 0.3 is 0 Å². The summed E-state index contributed by atoms with van der Waals surface area (Å²) in [5, 5.41) is 6.06. The molecule has 0 bridgehead atoms. The van der Waals surface area contributed by atoms with Crippen LogP contribution >= 0.6 is 11.3 Å². The summed E-state index contributed by atoms with van der Waals surface area (Å²) in [6.45, 7) is 0.736. The molecule has 4 rings (SSSR count). The van der Waals surface area contributed by atoms with Crippen LogP contribution in [0, 0.1) is 0 Å². The van der Waals surface area contributed by atoms with E-state index in [2.05, 4.69) is 15.1 Å². The molecule has 1 aliphatic heterocycles. The Morgan fingerprint density at radius 3 is 3.08 bits per heavy atom. The van der Waals surface area contributed by atoms with E-state index in [1.54, 1.807) is 23.7 Å². The van der Waals surface area contributed by atoms with Crippen molar-refractivity contribution in [3.8, 4) is 11.4 Å². The minimum absolute atomic E-state index is 0.119. The van der Waals surface area contributed by atoms with Crippen molar-refractivity contribution in [1.82, 2.24) is 20.0 Å². The summed E-state index contributed by atoms with van der Waals surface area (Å²) in [4.78, 5) is 24.3. The molecule has 1 atom stereocenters. The lowest BCUT2D eigenvalue weighted by Crippen LogP contribution is -2.39. The number of pyridine rings is 1. The Kier molecular flexibility index (Phi) is 4.56. The van der Waals surface area contributed by atoms with Gasteiger partial charge in [0, 0.05) is 29.4 Å². The summed E-state index contributed by atoms with van der Waals surface area (Å²) < 4.78 is 5.49. The summed E-state index contributed by atoms with van der Waals surface area (Å²) in [7, 11) is 0. The van der Waals surface area contributed by atoms with Crippen LogP contribution in [0.15, 0.2) is 46.6 Å². The Bertz CT molecular complexity index is 832. The minimum atomic E-state index is -0.140. The van der Waals surface area contributed by atoms with Crippen LogP contribution in [0.5, 0.6) is 0 Å². The second kappa shape index (κ2) is 7.14. The summed E-state index contributed by atoms with van der Waals surface area (Å²) in [6.07, 6.45) is 6.75. The number of hydrogen-bond donors (Lipinski definition) is 0. The van der Waals surface area contributed by atoms with Crippen LogP contribution in [-0.2, 0) is 11.2 Å². The summed E-state index contributed by atoms with van der Waals surface area (Å²) >= 11 is 1.61. The predicted molar refractivity (Wildman–Crippen MR) is 93.9 cm³/mol. The molecule has 6 nitrogen and oxygen atoms in total. The normalized spacial score (nSPS) is 17.6. The van der Waals surface area contributed by atoms with Gasteiger partial charge in [-0.25, -0.2) is 0 Å². The number of aromatic nitrogens is 3. The van der Waals surface area contributed by atoms with Crippen molar-refractivity contribution in [2.75, 3.05) is 6.54 Å². The maximum Gasteiger partial charge on any atom is 0.249 e. The molecule has 1 saturated heterocycles. The first-order valence-electron chi connectivity index (χ1n) is 8.37. The Labute approximate surface area is 149 Å². The van der Waals surface area contributed by atoms with Crippen molar-refractivity contribution in [2.45, 2.75) is 31.7 Å². The van der Waals surface area contributed by atoms with Crippen molar-refractivity contribution in [3.63, 3.8) is 0 Å². The van der Waals surface area contributed by atoms with Gasteiger partial charge in [-0.2, -0.15) is 4.98 Å². The average Bonchev–Trinajstić information content (AvgIpc) is 3.34. The number of hydrogen-bond acceptors (Lipinski definition) is 6. The van der Waals surface area contributed by atoms with E-state index in [0.29, 0.717) is 18.1 Å². The number of thiophene rings is 1. The molecule has 1 amide bonds. The topological polar surface area (TPSA) is 72.1 Å². The van der Waals surface area contributed by atoms with E-state index in [0.717, 1.165) is 36.2 Å². The molecular formula is C18H18N4O2S. The van der Waals surface area contributed by atoms with Crippen molar-refractivity contribution < 1.29 is 9.32 Å². The third kappa shape index (κ3) is 3.46. The molecule has 7 heteroatoms. The number of rotatable bonds is 4. The maximum absolute atomic E-state index is 12.8. The van der Waals surface area contributed by atoms with Crippen LogP contribution < -0.4 is 0 Å². The quantitative estimate of drug-likeness (QED) is 0.717. The molecule has 25 heavy (non-hydrogen) atoms. The van der Waals surface area contributed by atoms with Gasteiger partial charge in [-0.15, -0.1) is 11.3 Å². The third-order valence-electron chi connectivity index (χ3n) is 4.38. The lowest BCUT2D eigenvalue weighted by molar-refractivity contribution is -0.134. The highest BCUT2D eigenvalue weighted by molar-refractivity contribution is 7.10. The van der Waals surface area contributed by atoms with Gasteiger partial charge in [0.2, 0.25) is 17.6 Å². The van der Waals surface area contributed by atoms with Gasteiger partial charge in [0.15, 0.2) is 0 Å². The van der Waals surface area contributed by atoms with Crippen molar-refractivity contribution in [3.05, 3.63) is 52.8 Å². The fraction of sp³-hybridized carbons (Fsp3) is 0.333. The van der Waals surface area contributed by atoms with E-state index < -0.39 is 0 Å². The summed E-state index contributed by atoms with van der Waals surface area (Å²) in [5.74, 6) is 1.14. The smallest absolute Gasteiger partial charge is 0.249 e. The highest BCUT2D eigenvalue weighted by Crippen LogP contribution is 2.31. The van der Waals surface area contributed by atoms with Gasteiger partial charge in [-0.1, -0.05) is 11.2 Å². The highest BCUT2D eigenvalue weighted by Gasteiger charge is 2.32. The third-order valence-corrected chi connectivity index (χ3v) is 5.25. The van der Waals surface area contributed by atoms with Crippen LogP contribution in [0.3, 0.4) is 0 Å². The van der Waals surface area contributed by atoms with Crippen LogP contribution in [-0.4, -0.2) is 32.5 Å². The standard InChI is InChI=1S/C18H18N4O2S/c23-16(11-14-6-4-10-25-14)22-9-2-1-7-15(22)18-20-17(21-24-18)13-5-3-8-19-12-13/h3-6,8,10,12,15H,1-2,7,9,11H2/t15-/m0/s1. The van der Waals surface area contributed by atoms with Crippen LogP contribution in [0.25, 0.3) is 11.4 Å². The van der Waals surface area contributed by atoms with Gasteiger partial charge < -0.3 is 9.42 Å². The predicted octanol–water partition coefficient (Wildman–Crippen LogP) is 3.49. The Morgan fingerprint density at radius 2 is 2.28 bits per heavy atom. The minimum Gasteiger partial charge on any atom is -0.337 e. The van der Waals surface area contributed by atoms with Crippen LogP contribution in [0.2, 0.25) is 0 Å². The molecule has 0 unspecified atom stereocenters. The second-order valence-electron chi connectivity index (χ2n) is 6.05. The Morgan fingerprint density at radius 1 is 1.32 bits per heavy atom. The molecule has 0 aliphatic carbocycles. The fourth-order valence-corrected chi connectivity index (χ4v) is 3.83. The SMILES string of the molecule is O=C(Cc1cccs1)N1CCCC[C@H]1c1nc(-c2cccnc2)no1. The second-order valence-corrected chi connectivity index (χ2v) is 7.09. The molecule has 3 aromatic rings. The first-order valence-corrected chi connectivity index (χ1v) is 9.25. The van der Waals surface area contributed by atoms with Gasteiger partial charge in [0.1, 0.15) is 6.04 Å². The first-order chi connectivity index (χ1) is 12.3. The summed E-state index contributed by atoms with van der Waals surface area (Å²) in [6, 6.07) is 7.55. The molecule has 0 radical (unpaired) electrons. The fourth-order valence-electron chi connectivity index (χ4n) is 3.13. The molecule has 0 N–H and O–H groups in total. The van der Waals surface area contributed by atoms with E-state index >= 15 is 0 Å². The van der Waals surface area contributed by atoms with Crippen molar-refractivity contribution in [1.29, 1.82) is 0 Å². The lowest BCUT2D eigenvalue weighted by Gasteiger charge is -2.33. The number of amides is 1. The first kappa shape index (κ1) is 16.0. The van der Waals surface area contributed by atoms with E-state index in [1.165, 1.54) is 0 Å². The molecule has 0 aromatic carbocycles. The Hall–Kier alpha value is -2.54. The van der Waals surface area contributed by atoms with Crippen molar-refractivity contribution in [2.24, 2.45) is 0 Å². The van der Waals surface area contributed by atoms with Crippen molar-refractivity contribution >= 4 is 17.2 Å². The van der Waals surface area contributed by atoms with E-state index in [1.807, 2.05) is 34.5 Å². The summed E-state index contributed by atoms with van der Waals surface area (Å²) in [5.41, 5.74) is 0.810. The molecule has 4 heterocycles. The van der Waals surface area contributed by atoms with Gasteiger partial charge in [0.25, 0.3) is 0 Å². The monoisotopic (exact) mass is 354 g/mol. The molecule has 0 spiro atoms. The number of piperidine rings is 1. The molecule has 0 saturated carbocycles. The number of carbonyl (C=O) groups is 1. The lowest BCUT2D eigenvalue weighted by atomic mass is 10.0. The van der Waals surface area contributed by atoms with Gasteiger partial charge in [-0.3, -0.25) is 9.78 Å². The average molecular weight is 354 g/mol. The number of nitrogens with zero attached hydrogens (tertiary/aromatic N) is 4. The number of likely N-dealkylation sites (tertiary alicyclic amines) is 1.